The van der Waals surface area contributed by atoms with Crippen molar-refractivity contribution in [3.63, 3.8) is 0 Å². The summed E-state index contributed by atoms with van der Waals surface area (Å²) in [6.07, 6.45) is 1.53. The Bertz CT molecular complexity index is 244. The maximum Gasteiger partial charge on any atom is 0.673 e. The van der Waals surface area contributed by atoms with Crippen molar-refractivity contribution in [2.75, 3.05) is 20.1 Å². The van der Waals surface area contributed by atoms with Gasteiger partial charge in [-0.1, -0.05) is 0 Å². The van der Waals surface area contributed by atoms with E-state index in [1.165, 1.54) is 19.5 Å². The Morgan fingerprint density at radius 1 is 0.591 bits per heavy atom. The zero-order valence-electron chi connectivity index (χ0n) is 11.0. The fourth-order valence-corrected chi connectivity index (χ4v) is 1.63. The van der Waals surface area contributed by atoms with Crippen LogP contribution in [0.15, 0.2) is 0 Å². The summed E-state index contributed by atoms with van der Waals surface area (Å²) in [4.78, 5) is 2.43. The van der Waals surface area contributed by atoms with E-state index in [1.807, 2.05) is 0 Å². The van der Waals surface area contributed by atoms with E-state index in [1.54, 1.807) is 0 Å². The van der Waals surface area contributed by atoms with E-state index < -0.39 is 21.8 Å². The Hall–Kier alpha value is -0.685. The minimum absolute atomic E-state index is 1.12. The summed E-state index contributed by atoms with van der Waals surface area (Å²) >= 11 is 0. The van der Waals surface area contributed by atoms with E-state index in [0.717, 1.165) is 11.8 Å². The minimum atomic E-state index is -6.00. The maximum absolute atomic E-state index is 9.75. The first-order valence-corrected chi connectivity index (χ1v) is 5.66. The molecule has 2 unspecified atom stereocenters. The van der Waals surface area contributed by atoms with E-state index in [4.69, 9.17) is 0 Å². The van der Waals surface area contributed by atoms with Crippen molar-refractivity contribution < 1.29 is 51.8 Å². The van der Waals surface area contributed by atoms with Crippen molar-refractivity contribution in [2.24, 2.45) is 11.8 Å². The van der Waals surface area contributed by atoms with Crippen LogP contribution in [0.5, 0.6) is 0 Å². The third-order valence-corrected chi connectivity index (χ3v) is 2.16. The first kappa shape index (κ1) is 23.6. The largest absolute Gasteiger partial charge is 0.673 e. The average Bonchev–Trinajstić information content (AvgIpc) is 2.64. The van der Waals surface area contributed by atoms with Gasteiger partial charge in [0.15, 0.2) is 0 Å². The predicted molar refractivity (Wildman–Crippen MR) is 59.7 cm³/mol. The van der Waals surface area contributed by atoms with E-state index in [9.17, 15) is 51.8 Å². The summed E-state index contributed by atoms with van der Waals surface area (Å²) in [5.41, 5.74) is 0. The molecule has 0 radical (unpaired) electrons. The standard InChI is InChI=1S/C6H11N.3BF4/c1-7-3-5-2-6(5)4-7;3*2-1(3,4)5/h5-6H,2-4H2,1H3;;;/q;3*-1. The zero-order valence-corrected chi connectivity index (χ0v) is 11.0. The third kappa shape index (κ3) is 36.5. The van der Waals surface area contributed by atoms with Crippen LogP contribution in [0.3, 0.4) is 0 Å². The number of halogens is 12. The van der Waals surface area contributed by atoms with Crippen LogP contribution < -0.4 is 0 Å². The van der Waals surface area contributed by atoms with Crippen molar-refractivity contribution >= 4 is 21.8 Å². The van der Waals surface area contributed by atoms with Crippen molar-refractivity contribution in [1.82, 2.24) is 4.90 Å². The van der Waals surface area contributed by atoms with E-state index in [2.05, 4.69) is 11.9 Å². The van der Waals surface area contributed by atoms with Crippen LogP contribution in [0.25, 0.3) is 0 Å². The van der Waals surface area contributed by atoms with Gasteiger partial charge >= 0.3 is 21.8 Å². The van der Waals surface area contributed by atoms with Crippen LogP contribution in [0.1, 0.15) is 6.42 Å². The number of nitrogens with zero attached hydrogens (tertiary/aromatic N) is 1. The molecular weight excluding hydrogens is 346 g/mol. The first-order valence-electron chi connectivity index (χ1n) is 5.66. The van der Waals surface area contributed by atoms with E-state index in [0.29, 0.717) is 0 Å². The molecule has 1 nitrogen and oxygen atoms in total. The van der Waals surface area contributed by atoms with Gasteiger partial charge in [-0.3, -0.25) is 0 Å². The summed E-state index contributed by atoms with van der Waals surface area (Å²) < 4.78 is 117. The average molecular weight is 358 g/mol. The molecule has 1 saturated heterocycles. The molecule has 2 atom stereocenters. The van der Waals surface area contributed by atoms with Crippen LogP contribution >= 0.6 is 0 Å². The molecule has 0 amide bonds. The highest BCUT2D eigenvalue weighted by atomic mass is 19.5. The van der Waals surface area contributed by atoms with Crippen molar-refractivity contribution in [3.8, 4) is 0 Å². The van der Waals surface area contributed by atoms with Gasteiger partial charge in [-0.15, -0.1) is 0 Å². The molecule has 16 heteroatoms. The maximum atomic E-state index is 9.75. The Kier molecular flexibility index (Phi) is 9.45. The first-order chi connectivity index (χ1) is 9.36. The number of rotatable bonds is 0. The number of fused-ring (bicyclic) bond motifs is 1. The molecule has 1 saturated carbocycles. The molecule has 0 aromatic heterocycles. The molecule has 22 heavy (non-hydrogen) atoms. The highest BCUT2D eigenvalue weighted by Gasteiger charge is 2.43. The highest BCUT2D eigenvalue weighted by Crippen LogP contribution is 2.43. The Balaban J connectivity index is 0. The van der Waals surface area contributed by atoms with Gasteiger partial charge in [-0.2, -0.15) is 0 Å². The highest BCUT2D eigenvalue weighted by molar-refractivity contribution is 6.50. The van der Waals surface area contributed by atoms with E-state index >= 15 is 0 Å². The SMILES string of the molecule is CN1CC2CC2C1.F[B-](F)(F)F.F[B-](F)(F)F.F[B-](F)(F)F. The molecule has 2 rings (SSSR count). The summed E-state index contributed by atoms with van der Waals surface area (Å²) in [5.74, 6) is 2.23. The molecule has 1 heterocycles. The van der Waals surface area contributed by atoms with Gasteiger partial charge in [0.1, 0.15) is 0 Å². The monoisotopic (exact) mass is 358 g/mol. The molecule has 0 N–H and O–H groups in total. The van der Waals surface area contributed by atoms with Gasteiger partial charge in [0, 0.05) is 13.1 Å². The lowest BCUT2D eigenvalue weighted by Gasteiger charge is -2.06. The summed E-state index contributed by atoms with van der Waals surface area (Å²) in [5, 5.41) is 0. The summed E-state index contributed by atoms with van der Waals surface area (Å²) in [6, 6.07) is 0. The second kappa shape index (κ2) is 8.82. The third-order valence-electron chi connectivity index (χ3n) is 2.16. The predicted octanol–water partition coefficient (Wildman–Crippen LogP) is 4.47. The molecule has 0 bridgehead atoms. The fraction of sp³-hybridized carbons (Fsp3) is 1.00. The lowest BCUT2D eigenvalue weighted by atomic mass is 10.3. The number of likely N-dealkylation sites (tertiary alicyclic amines) is 1. The smallest absolute Gasteiger partial charge is 0.418 e. The second-order valence-electron chi connectivity index (χ2n) is 4.46. The molecule has 1 aliphatic heterocycles. The quantitative estimate of drug-likeness (QED) is 0.457. The van der Waals surface area contributed by atoms with Gasteiger partial charge in [-0.25, -0.2) is 0 Å². The minimum Gasteiger partial charge on any atom is -0.418 e. The van der Waals surface area contributed by atoms with Crippen LogP contribution in [0.4, 0.5) is 51.8 Å². The van der Waals surface area contributed by atoms with Gasteiger partial charge in [0.25, 0.3) is 0 Å². The topological polar surface area (TPSA) is 3.24 Å². The number of hydrogen-bond acceptors (Lipinski definition) is 1. The fourth-order valence-electron chi connectivity index (χ4n) is 1.63. The van der Waals surface area contributed by atoms with Crippen molar-refractivity contribution in [3.05, 3.63) is 0 Å². The number of piperidine rings is 1. The molecule has 2 aliphatic rings. The molecule has 0 spiro atoms. The van der Waals surface area contributed by atoms with Crippen molar-refractivity contribution in [1.29, 1.82) is 0 Å². The molecule has 0 aromatic carbocycles. The number of hydrogen-bond donors (Lipinski definition) is 0. The normalized spacial score (nSPS) is 23.9. The molecular formula is C6H11B3F12N-3. The van der Waals surface area contributed by atoms with Gasteiger partial charge in [-0.05, 0) is 25.3 Å². The Labute approximate surface area is 118 Å². The molecule has 2 fully saturated rings. The Morgan fingerprint density at radius 2 is 0.773 bits per heavy atom. The zero-order chi connectivity index (χ0) is 18.4. The summed E-state index contributed by atoms with van der Waals surface area (Å²) in [7, 11) is -15.8. The lowest BCUT2D eigenvalue weighted by molar-refractivity contribution is 0.366. The van der Waals surface area contributed by atoms with Gasteiger partial charge in [0.2, 0.25) is 0 Å². The van der Waals surface area contributed by atoms with E-state index in [-0.39, 0.29) is 0 Å². The Morgan fingerprint density at radius 3 is 0.864 bits per heavy atom. The van der Waals surface area contributed by atoms with Crippen LogP contribution in [0, 0.1) is 11.8 Å². The second-order valence-corrected chi connectivity index (χ2v) is 4.46. The van der Waals surface area contributed by atoms with Crippen LogP contribution in [-0.4, -0.2) is 46.8 Å². The molecule has 136 valence electrons. The van der Waals surface area contributed by atoms with Gasteiger partial charge < -0.3 is 56.7 Å². The van der Waals surface area contributed by atoms with Crippen molar-refractivity contribution in [2.45, 2.75) is 6.42 Å². The summed E-state index contributed by atoms with van der Waals surface area (Å²) in [6.45, 7) is 2.76. The van der Waals surface area contributed by atoms with Crippen LogP contribution in [0.2, 0.25) is 0 Å². The van der Waals surface area contributed by atoms with Gasteiger partial charge in [0.05, 0.1) is 0 Å². The lowest BCUT2D eigenvalue weighted by Crippen LogP contribution is -2.15. The molecule has 0 aromatic rings. The molecule has 1 aliphatic carbocycles. The van der Waals surface area contributed by atoms with Crippen LogP contribution in [-0.2, 0) is 0 Å².